The van der Waals surface area contributed by atoms with Gasteiger partial charge in [-0.1, -0.05) is 24.3 Å². The molecule has 122 valence electrons. The van der Waals surface area contributed by atoms with Crippen LogP contribution in [0.3, 0.4) is 0 Å². The Hall–Kier alpha value is -2.34. The highest BCUT2D eigenvalue weighted by atomic mass is 16.3. The van der Waals surface area contributed by atoms with E-state index >= 15 is 0 Å². The number of nitrogens with one attached hydrogen (secondary N) is 2. The van der Waals surface area contributed by atoms with E-state index in [0.717, 1.165) is 34.7 Å². The Kier molecular flexibility index (Phi) is 4.09. The molecule has 1 aliphatic rings. The molecule has 2 atom stereocenters. The Morgan fingerprint density at radius 2 is 2.13 bits per heavy atom. The average molecular weight is 314 g/mol. The van der Waals surface area contributed by atoms with Crippen LogP contribution in [0.2, 0.25) is 0 Å². The van der Waals surface area contributed by atoms with Crippen LogP contribution in [-0.2, 0) is 13.0 Å². The van der Waals surface area contributed by atoms with E-state index in [-0.39, 0.29) is 12.1 Å². The fourth-order valence-corrected chi connectivity index (χ4v) is 3.22. The molecule has 0 saturated carbocycles. The molecule has 23 heavy (non-hydrogen) atoms. The predicted octanol–water partition coefficient (Wildman–Crippen LogP) is 2.30. The summed E-state index contributed by atoms with van der Waals surface area (Å²) in [5.74, 6) is 0. The third-order valence-electron chi connectivity index (χ3n) is 4.41. The first kappa shape index (κ1) is 15.6. The molecule has 2 amide bonds. The van der Waals surface area contributed by atoms with E-state index < -0.39 is 6.10 Å². The SMILES string of the molecule is CCn1nc(C)c(NC(=O)NC2c3ccccc3CC2O)c1C. The van der Waals surface area contributed by atoms with Crippen molar-refractivity contribution in [2.45, 2.75) is 45.9 Å². The fourth-order valence-electron chi connectivity index (χ4n) is 3.22. The van der Waals surface area contributed by atoms with Gasteiger partial charge in [0.15, 0.2) is 0 Å². The van der Waals surface area contributed by atoms with Crippen LogP contribution in [0.5, 0.6) is 0 Å². The zero-order chi connectivity index (χ0) is 16.6. The van der Waals surface area contributed by atoms with E-state index in [9.17, 15) is 9.90 Å². The molecule has 0 spiro atoms. The highest BCUT2D eigenvalue weighted by Crippen LogP contribution is 2.31. The Labute approximate surface area is 135 Å². The highest BCUT2D eigenvalue weighted by Gasteiger charge is 2.32. The van der Waals surface area contributed by atoms with Gasteiger partial charge in [-0.05, 0) is 31.9 Å². The van der Waals surface area contributed by atoms with Gasteiger partial charge in [-0.15, -0.1) is 0 Å². The lowest BCUT2D eigenvalue weighted by Gasteiger charge is -2.18. The summed E-state index contributed by atoms with van der Waals surface area (Å²) in [6.07, 6.45) is -0.0360. The third kappa shape index (κ3) is 2.82. The molecule has 0 fully saturated rings. The number of aromatic nitrogens is 2. The van der Waals surface area contributed by atoms with Crippen molar-refractivity contribution in [2.24, 2.45) is 0 Å². The molecular formula is C17H22N4O2. The molecule has 2 aromatic rings. The fraction of sp³-hybridized carbons (Fsp3) is 0.412. The average Bonchev–Trinajstić information content (AvgIpc) is 2.98. The zero-order valence-corrected chi connectivity index (χ0v) is 13.6. The third-order valence-corrected chi connectivity index (χ3v) is 4.41. The lowest BCUT2D eigenvalue weighted by molar-refractivity contribution is 0.144. The Morgan fingerprint density at radius 1 is 1.39 bits per heavy atom. The van der Waals surface area contributed by atoms with E-state index in [2.05, 4.69) is 15.7 Å². The lowest BCUT2D eigenvalue weighted by Crippen LogP contribution is -2.37. The number of carbonyl (C=O) groups is 1. The monoisotopic (exact) mass is 314 g/mol. The second-order valence-corrected chi connectivity index (χ2v) is 5.91. The van der Waals surface area contributed by atoms with E-state index in [1.807, 2.05) is 49.7 Å². The standard InChI is InChI=1S/C17H22N4O2/c1-4-21-11(3)15(10(2)20-21)18-17(23)19-16-13-8-6-5-7-12(13)9-14(16)22/h5-8,14,16,22H,4,9H2,1-3H3,(H2,18,19,23). The molecule has 2 unspecified atom stereocenters. The number of aliphatic hydroxyl groups is 1. The largest absolute Gasteiger partial charge is 0.390 e. The minimum Gasteiger partial charge on any atom is -0.390 e. The van der Waals surface area contributed by atoms with Gasteiger partial charge < -0.3 is 15.7 Å². The number of aryl methyl sites for hydroxylation is 2. The quantitative estimate of drug-likeness (QED) is 0.813. The first-order chi connectivity index (χ1) is 11.0. The van der Waals surface area contributed by atoms with Gasteiger partial charge >= 0.3 is 6.03 Å². The Balaban J connectivity index is 1.75. The van der Waals surface area contributed by atoms with Gasteiger partial charge in [0, 0.05) is 13.0 Å². The van der Waals surface area contributed by atoms with Crippen molar-refractivity contribution in [3.63, 3.8) is 0 Å². The maximum Gasteiger partial charge on any atom is 0.319 e. The number of hydrogen-bond acceptors (Lipinski definition) is 3. The summed E-state index contributed by atoms with van der Waals surface area (Å²) in [5.41, 5.74) is 4.49. The van der Waals surface area contributed by atoms with Gasteiger partial charge in [0.25, 0.3) is 0 Å². The molecule has 3 N–H and O–H groups in total. The maximum atomic E-state index is 12.4. The molecule has 0 bridgehead atoms. The lowest BCUT2D eigenvalue weighted by atomic mass is 10.1. The van der Waals surface area contributed by atoms with Crippen LogP contribution >= 0.6 is 0 Å². The second kappa shape index (κ2) is 6.04. The number of nitrogens with zero attached hydrogens (tertiary/aromatic N) is 2. The molecule has 3 rings (SSSR count). The van der Waals surface area contributed by atoms with Crippen LogP contribution in [0.15, 0.2) is 24.3 Å². The molecule has 1 aromatic heterocycles. The molecular weight excluding hydrogens is 292 g/mol. The number of amides is 2. The summed E-state index contributed by atoms with van der Waals surface area (Å²) >= 11 is 0. The number of fused-ring (bicyclic) bond motifs is 1. The summed E-state index contributed by atoms with van der Waals surface area (Å²) in [7, 11) is 0. The molecule has 0 saturated heterocycles. The molecule has 1 heterocycles. The van der Waals surface area contributed by atoms with Gasteiger partial charge in [0.05, 0.1) is 29.2 Å². The van der Waals surface area contributed by atoms with Crippen LogP contribution < -0.4 is 10.6 Å². The normalized spacial score (nSPS) is 19.5. The number of anilines is 1. The first-order valence-electron chi connectivity index (χ1n) is 7.88. The van der Waals surface area contributed by atoms with Crippen LogP contribution in [0.4, 0.5) is 10.5 Å². The topological polar surface area (TPSA) is 79.2 Å². The number of benzene rings is 1. The minimum atomic E-state index is -0.598. The molecule has 6 nitrogen and oxygen atoms in total. The Bertz CT molecular complexity index is 738. The van der Waals surface area contributed by atoms with Gasteiger partial charge in [-0.25, -0.2) is 4.79 Å². The van der Waals surface area contributed by atoms with E-state index in [0.29, 0.717) is 6.42 Å². The van der Waals surface area contributed by atoms with Crippen molar-refractivity contribution in [3.05, 3.63) is 46.8 Å². The number of aliphatic hydroxyl groups excluding tert-OH is 1. The summed E-state index contributed by atoms with van der Waals surface area (Å²) in [6.45, 7) is 6.56. The van der Waals surface area contributed by atoms with Crippen LogP contribution in [0.25, 0.3) is 0 Å². The minimum absolute atomic E-state index is 0.326. The number of rotatable bonds is 3. The van der Waals surface area contributed by atoms with Crippen molar-refractivity contribution >= 4 is 11.7 Å². The summed E-state index contributed by atoms with van der Waals surface area (Å²) in [5, 5.41) is 20.4. The van der Waals surface area contributed by atoms with Crippen molar-refractivity contribution in [3.8, 4) is 0 Å². The van der Waals surface area contributed by atoms with Crippen molar-refractivity contribution in [1.82, 2.24) is 15.1 Å². The Morgan fingerprint density at radius 3 is 2.83 bits per heavy atom. The number of carbonyl (C=O) groups excluding carboxylic acids is 1. The summed E-state index contributed by atoms with van der Waals surface area (Å²) in [6, 6.07) is 7.09. The van der Waals surface area contributed by atoms with Crippen molar-refractivity contribution < 1.29 is 9.90 Å². The van der Waals surface area contributed by atoms with Crippen molar-refractivity contribution in [1.29, 1.82) is 0 Å². The highest BCUT2D eigenvalue weighted by molar-refractivity contribution is 5.91. The molecule has 0 aliphatic heterocycles. The molecule has 6 heteroatoms. The number of hydrogen-bond donors (Lipinski definition) is 3. The van der Waals surface area contributed by atoms with Crippen LogP contribution in [-0.4, -0.2) is 27.0 Å². The summed E-state index contributed by atoms with van der Waals surface area (Å²) < 4.78 is 1.85. The maximum absolute atomic E-state index is 12.4. The second-order valence-electron chi connectivity index (χ2n) is 5.91. The smallest absolute Gasteiger partial charge is 0.319 e. The molecule has 1 aromatic carbocycles. The van der Waals surface area contributed by atoms with Crippen LogP contribution in [0, 0.1) is 13.8 Å². The number of urea groups is 1. The predicted molar refractivity (Wildman–Crippen MR) is 88.4 cm³/mol. The first-order valence-corrected chi connectivity index (χ1v) is 7.88. The van der Waals surface area contributed by atoms with Gasteiger partial charge in [0.2, 0.25) is 0 Å². The van der Waals surface area contributed by atoms with E-state index in [4.69, 9.17) is 0 Å². The molecule has 1 aliphatic carbocycles. The van der Waals surface area contributed by atoms with Crippen LogP contribution in [0.1, 0.15) is 35.5 Å². The summed E-state index contributed by atoms with van der Waals surface area (Å²) in [4.78, 5) is 12.4. The van der Waals surface area contributed by atoms with E-state index in [1.54, 1.807) is 0 Å². The van der Waals surface area contributed by atoms with E-state index in [1.165, 1.54) is 0 Å². The molecule has 0 radical (unpaired) electrons. The van der Waals surface area contributed by atoms with Crippen molar-refractivity contribution in [2.75, 3.05) is 5.32 Å². The zero-order valence-electron chi connectivity index (χ0n) is 13.6. The van der Waals surface area contributed by atoms with Gasteiger partial charge in [-0.3, -0.25) is 4.68 Å². The van der Waals surface area contributed by atoms with Gasteiger partial charge in [-0.2, -0.15) is 5.10 Å². The van der Waals surface area contributed by atoms with Gasteiger partial charge in [0.1, 0.15) is 0 Å².